The van der Waals surface area contributed by atoms with Gasteiger partial charge in [-0.1, -0.05) is 0 Å². The predicted octanol–water partition coefficient (Wildman–Crippen LogP) is 3.87. The smallest absolute Gasteiger partial charge is 0.410 e. The molecule has 138 valence electrons. The van der Waals surface area contributed by atoms with Gasteiger partial charge >= 0.3 is 11.9 Å². The van der Waals surface area contributed by atoms with Gasteiger partial charge in [0.2, 0.25) is 0 Å². The van der Waals surface area contributed by atoms with E-state index in [0.717, 1.165) is 0 Å². The second-order valence-electron chi connectivity index (χ2n) is 7.07. The number of piperidine rings is 1. The van der Waals surface area contributed by atoms with Crippen LogP contribution in [0.15, 0.2) is 10.5 Å². The van der Waals surface area contributed by atoms with Crippen LogP contribution >= 0.6 is 15.9 Å². The van der Waals surface area contributed by atoms with E-state index < -0.39 is 10.5 Å². The summed E-state index contributed by atoms with van der Waals surface area (Å²) in [6.45, 7) is 8.30. The summed E-state index contributed by atoms with van der Waals surface area (Å²) in [5.41, 5.74) is 0.433. The number of carbonyl (C=O) groups excluding carboxylic acids is 1. The Morgan fingerprint density at radius 1 is 1.44 bits per heavy atom. The zero-order valence-electron chi connectivity index (χ0n) is 14.8. The molecule has 1 fully saturated rings. The van der Waals surface area contributed by atoms with Gasteiger partial charge in [0.1, 0.15) is 11.3 Å². The monoisotopic (exact) mass is 414 g/mol. The van der Waals surface area contributed by atoms with Crippen LogP contribution in [-0.4, -0.2) is 45.6 Å². The number of amides is 1. The van der Waals surface area contributed by atoms with Crippen LogP contribution in [0.4, 0.5) is 16.3 Å². The van der Waals surface area contributed by atoms with E-state index in [-0.39, 0.29) is 18.0 Å². The number of hydrogen-bond acceptors (Lipinski definition) is 6. The maximum Gasteiger partial charge on any atom is 0.410 e. The number of halogens is 1. The molecule has 1 N–H and O–H groups in total. The van der Waals surface area contributed by atoms with Crippen molar-refractivity contribution in [3.63, 3.8) is 0 Å². The molecular weight excluding hydrogens is 392 g/mol. The highest BCUT2D eigenvalue weighted by Crippen LogP contribution is 2.29. The minimum Gasteiger partial charge on any atom is -0.444 e. The Morgan fingerprint density at radius 3 is 2.56 bits per heavy atom. The van der Waals surface area contributed by atoms with Crippen molar-refractivity contribution in [2.45, 2.75) is 52.2 Å². The van der Waals surface area contributed by atoms with Crippen LogP contribution in [0.25, 0.3) is 0 Å². The molecule has 0 saturated carbocycles. The van der Waals surface area contributed by atoms with Gasteiger partial charge in [0, 0.05) is 26.1 Å². The van der Waals surface area contributed by atoms with Crippen molar-refractivity contribution in [1.82, 2.24) is 9.88 Å². The average Bonchev–Trinajstić information content (AvgIpc) is 2.49. The van der Waals surface area contributed by atoms with Crippen molar-refractivity contribution in [3.05, 3.63) is 26.3 Å². The number of pyridine rings is 1. The van der Waals surface area contributed by atoms with E-state index in [4.69, 9.17) is 4.74 Å². The van der Waals surface area contributed by atoms with Crippen molar-refractivity contribution in [3.8, 4) is 0 Å². The number of rotatable bonds is 3. The molecule has 1 aromatic rings. The standard InChI is InChI=1S/C16H23BrN4O4/c1-10-12(17)9-13(14(18-10)21(23)24)19-11-5-7-20(8-6-11)15(22)25-16(2,3)4/h9,11,19H,5-8H2,1-4H3. The summed E-state index contributed by atoms with van der Waals surface area (Å²) < 4.78 is 6.09. The average molecular weight is 415 g/mol. The van der Waals surface area contributed by atoms with Gasteiger partial charge in [0.15, 0.2) is 5.69 Å². The fourth-order valence-corrected chi connectivity index (χ4v) is 2.88. The first kappa shape index (κ1) is 19.4. The maximum atomic E-state index is 12.1. The van der Waals surface area contributed by atoms with E-state index in [1.165, 1.54) is 0 Å². The Balaban J connectivity index is 2.00. The van der Waals surface area contributed by atoms with Gasteiger partial charge in [-0.25, -0.2) is 4.79 Å². The van der Waals surface area contributed by atoms with E-state index in [1.807, 2.05) is 20.8 Å². The van der Waals surface area contributed by atoms with E-state index >= 15 is 0 Å². The molecule has 0 aliphatic carbocycles. The summed E-state index contributed by atoms with van der Waals surface area (Å²) in [6.07, 6.45) is 1.04. The lowest BCUT2D eigenvalue weighted by molar-refractivity contribution is -0.388. The number of ether oxygens (including phenoxy) is 1. The van der Waals surface area contributed by atoms with Crippen LogP contribution in [0.3, 0.4) is 0 Å². The Kier molecular flexibility index (Phi) is 5.87. The third kappa shape index (κ3) is 5.29. The molecule has 1 aliphatic rings. The molecule has 0 bridgehead atoms. The van der Waals surface area contributed by atoms with Gasteiger partial charge in [-0.05, 0) is 65.5 Å². The van der Waals surface area contributed by atoms with Crippen LogP contribution in [0, 0.1) is 17.0 Å². The number of anilines is 1. The lowest BCUT2D eigenvalue weighted by atomic mass is 10.0. The SMILES string of the molecule is Cc1nc([N+](=O)[O-])c(NC2CCN(C(=O)OC(C)(C)C)CC2)cc1Br. The van der Waals surface area contributed by atoms with E-state index in [2.05, 4.69) is 26.2 Å². The highest BCUT2D eigenvalue weighted by Gasteiger charge is 2.28. The highest BCUT2D eigenvalue weighted by molar-refractivity contribution is 9.10. The zero-order valence-corrected chi connectivity index (χ0v) is 16.4. The first-order valence-corrected chi connectivity index (χ1v) is 8.92. The van der Waals surface area contributed by atoms with Gasteiger partial charge < -0.3 is 25.1 Å². The number of nitro groups is 1. The number of aromatic nitrogens is 1. The molecule has 2 heterocycles. The van der Waals surface area contributed by atoms with Crippen LogP contribution < -0.4 is 5.32 Å². The lowest BCUT2D eigenvalue weighted by Gasteiger charge is -2.34. The number of nitrogens with zero attached hydrogens (tertiary/aromatic N) is 3. The fraction of sp³-hybridized carbons (Fsp3) is 0.625. The first-order chi connectivity index (χ1) is 11.6. The summed E-state index contributed by atoms with van der Waals surface area (Å²) >= 11 is 3.36. The van der Waals surface area contributed by atoms with Gasteiger partial charge in [0.05, 0.1) is 4.47 Å². The normalized spacial score (nSPS) is 15.8. The molecule has 8 nitrogen and oxygen atoms in total. The molecule has 2 rings (SSSR count). The number of nitrogens with one attached hydrogen (secondary N) is 1. The first-order valence-electron chi connectivity index (χ1n) is 8.13. The topological polar surface area (TPSA) is 97.6 Å². The molecule has 1 amide bonds. The number of hydrogen-bond donors (Lipinski definition) is 1. The van der Waals surface area contributed by atoms with Crippen LogP contribution in [-0.2, 0) is 4.74 Å². The van der Waals surface area contributed by atoms with Crippen LogP contribution in [0.1, 0.15) is 39.3 Å². The van der Waals surface area contributed by atoms with Crippen molar-refractivity contribution in [2.75, 3.05) is 18.4 Å². The molecule has 25 heavy (non-hydrogen) atoms. The number of likely N-dealkylation sites (tertiary alicyclic amines) is 1. The second-order valence-corrected chi connectivity index (χ2v) is 7.92. The third-order valence-electron chi connectivity index (χ3n) is 3.81. The molecule has 0 spiro atoms. The number of aryl methyl sites for hydroxylation is 1. The highest BCUT2D eigenvalue weighted by atomic mass is 79.9. The molecule has 0 radical (unpaired) electrons. The zero-order chi connectivity index (χ0) is 18.8. The van der Waals surface area contributed by atoms with Crippen LogP contribution in [0.5, 0.6) is 0 Å². The minimum atomic E-state index is -0.521. The van der Waals surface area contributed by atoms with E-state index in [1.54, 1.807) is 17.9 Å². The molecule has 0 unspecified atom stereocenters. The van der Waals surface area contributed by atoms with E-state index in [9.17, 15) is 14.9 Å². The fourth-order valence-electron chi connectivity index (χ4n) is 2.57. The molecule has 0 atom stereocenters. The van der Waals surface area contributed by atoms with Gasteiger partial charge in [-0.15, -0.1) is 0 Å². The van der Waals surface area contributed by atoms with Gasteiger partial charge in [0.25, 0.3) is 0 Å². The van der Waals surface area contributed by atoms with Crippen LogP contribution in [0.2, 0.25) is 0 Å². The molecule has 1 aliphatic heterocycles. The summed E-state index contributed by atoms with van der Waals surface area (Å²) in [6, 6.07) is 1.72. The van der Waals surface area contributed by atoms with Gasteiger partial charge in [-0.2, -0.15) is 0 Å². The predicted molar refractivity (Wildman–Crippen MR) is 97.8 cm³/mol. The Hall–Kier alpha value is -1.90. The number of carbonyl (C=O) groups is 1. The molecule has 1 aromatic heterocycles. The summed E-state index contributed by atoms with van der Waals surface area (Å²) in [5, 5.41) is 14.4. The largest absolute Gasteiger partial charge is 0.444 e. The summed E-state index contributed by atoms with van der Waals surface area (Å²) in [7, 11) is 0. The Bertz CT molecular complexity index is 667. The molecular formula is C16H23BrN4O4. The minimum absolute atomic E-state index is 0.0359. The van der Waals surface area contributed by atoms with Crippen molar-refractivity contribution in [2.24, 2.45) is 0 Å². The van der Waals surface area contributed by atoms with Crippen molar-refractivity contribution in [1.29, 1.82) is 0 Å². The van der Waals surface area contributed by atoms with Crippen molar-refractivity contribution >= 4 is 33.5 Å². The quantitative estimate of drug-likeness (QED) is 0.595. The lowest BCUT2D eigenvalue weighted by Crippen LogP contribution is -2.44. The molecule has 0 aromatic carbocycles. The third-order valence-corrected chi connectivity index (χ3v) is 4.61. The van der Waals surface area contributed by atoms with Crippen molar-refractivity contribution < 1.29 is 14.5 Å². The summed E-state index contributed by atoms with van der Waals surface area (Å²) in [5.74, 6) is -0.185. The maximum absolute atomic E-state index is 12.1. The summed E-state index contributed by atoms with van der Waals surface area (Å²) in [4.78, 5) is 28.5. The molecule has 1 saturated heterocycles. The van der Waals surface area contributed by atoms with E-state index in [0.29, 0.717) is 41.8 Å². The molecule has 9 heteroatoms. The van der Waals surface area contributed by atoms with Gasteiger partial charge in [-0.3, -0.25) is 0 Å². The Labute approximate surface area is 155 Å². The Morgan fingerprint density at radius 2 is 2.04 bits per heavy atom. The second kappa shape index (κ2) is 7.55.